The Hall–Kier alpha value is -1.94. The largest absolute Gasteiger partial charge is 0.467 e. The van der Waals surface area contributed by atoms with Crippen LogP contribution < -0.4 is 5.32 Å². The summed E-state index contributed by atoms with van der Waals surface area (Å²) in [4.78, 5) is 13.5. The molecule has 106 valence electrons. The number of benzene rings is 1. The highest BCUT2D eigenvalue weighted by molar-refractivity contribution is 6.30. The first-order valence-electron chi connectivity index (χ1n) is 6.41. The van der Waals surface area contributed by atoms with Gasteiger partial charge in [-0.25, -0.2) is 4.79 Å². The van der Waals surface area contributed by atoms with Crippen molar-refractivity contribution in [1.82, 2.24) is 10.2 Å². The Balaban J connectivity index is 1.74. The topological polar surface area (TPSA) is 45.5 Å². The summed E-state index contributed by atoms with van der Waals surface area (Å²) in [7, 11) is 1.73. The normalized spacial score (nSPS) is 10.3. The molecule has 0 atom stereocenters. The third-order valence-electron chi connectivity index (χ3n) is 2.90. The van der Waals surface area contributed by atoms with Gasteiger partial charge in [-0.2, -0.15) is 0 Å². The highest BCUT2D eigenvalue weighted by Crippen LogP contribution is 2.10. The van der Waals surface area contributed by atoms with Crippen LogP contribution in [0.1, 0.15) is 11.3 Å². The van der Waals surface area contributed by atoms with E-state index in [2.05, 4.69) is 5.32 Å². The number of rotatable bonds is 5. The van der Waals surface area contributed by atoms with E-state index in [1.54, 1.807) is 24.3 Å². The first kappa shape index (κ1) is 14.5. The fourth-order valence-corrected chi connectivity index (χ4v) is 2.06. The van der Waals surface area contributed by atoms with E-state index in [4.69, 9.17) is 16.0 Å². The lowest BCUT2D eigenvalue weighted by Gasteiger charge is -2.16. The van der Waals surface area contributed by atoms with Crippen molar-refractivity contribution in [2.45, 2.75) is 13.0 Å². The van der Waals surface area contributed by atoms with Crippen LogP contribution in [0.4, 0.5) is 4.79 Å². The minimum Gasteiger partial charge on any atom is -0.467 e. The molecule has 2 aromatic rings. The third kappa shape index (κ3) is 4.31. The molecule has 0 saturated carbocycles. The van der Waals surface area contributed by atoms with Crippen LogP contribution in [0.15, 0.2) is 47.1 Å². The molecule has 4 nitrogen and oxygen atoms in total. The van der Waals surface area contributed by atoms with Gasteiger partial charge in [-0.3, -0.25) is 0 Å². The lowest BCUT2D eigenvalue weighted by atomic mass is 10.1. The Bertz CT molecular complexity index is 555. The third-order valence-corrected chi connectivity index (χ3v) is 3.13. The fourth-order valence-electron chi connectivity index (χ4n) is 1.85. The van der Waals surface area contributed by atoms with Gasteiger partial charge in [-0.15, -0.1) is 0 Å². The minimum atomic E-state index is -0.122. The zero-order chi connectivity index (χ0) is 14.4. The highest BCUT2D eigenvalue weighted by atomic mass is 35.5. The maximum Gasteiger partial charge on any atom is 0.317 e. The van der Waals surface area contributed by atoms with Crippen molar-refractivity contribution in [3.8, 4) is 0 Å². The van der Waals surface area contributed by atoms with Crippen LogP contribution >= 0.6 is 11.6 Å². The van der Waals surface area contributed by atoms with E-state index in [1.807, 2.05) is 30.3 Å². The summed E-state index contributed by atoms with van der Waals surface area (Å²) in [6.45, 7) is 1.03. The zero-order valence-electron chi connectivity index (χ0n) is 11.3. The quantitative estimate of drug-likeness (QED) is 0.919. The number of amides is 2. The van der Waals surface area contributed by atoms with Gasteiger partial charge < -0.3 is 14.6 Å². The van der Waals surface area contributed by atoms with Gasteiger partial charge in [0.25, 0.3) is 0 Å². The van der Waals surface area contributed by atoms with Crippen LogP contribution in [0.2, 0.25) is 5.02 Å². The second-order valence-electron chi connectivity index (χ2n) is 4.55. The van der Waals surface area contributed by atoms with Crippen LogP contribution in [0, 0.1) is 0 Å². The number of furan rings is 1. The molecule has 0 radical (unpaired) electrons. The van der Waals surface area contributed by atoms with Gasteiger partial charge >= 0.3 is 6.03 Å². The SMILES string of the molecule is CN(Cc1ccco1)C(=O)NCCc1cccc(Cl)c1. The van der Waals surface area contributed by atoms with Crippen molar-refractivity contribution in [3.05, 3.63) is 59.0 Å². The first-order chi connectivity index (χ1) is 9.65. The predicted molar refractivity (Wildman–Crippen MR) is 78.7 cm³/mol. The summed E-state index contributed by atoms with van der Waals surface area (Å²) < 4.78 is 5.20. The summed E-state index contributed by atoms with van der Waals surface area (Å²) in [6.07, 6.45) is 2.35. The molecule has 0 unspecified atom stereocenters. The molecular weight excluding hydrogens is 276 g/mol. The number of carbonyl (C=O) groups excluding carboxylic acids is 1. The molecule has 2 rings (SSSR count). The van der Waals surface area contributed by atoms with Crippen molar-refractivity contribution in [2.75, 3.05) is 13.6 Å². The second kappa shape index (κ2) is 7.01. The Morgan fingerprint density at radius 3 is 2.90 bits per heavy atom. The number of hydrogen-bond acceptors (Lipinski definition) is 2. The summed E-state index contributed by atoms with van der Waals surface area (Å²) >= 11 is 5.91. The number of urea groups is 1. The number of hydrogen-bond donors (Lipinski definition) is 1. The maximum absolute atomic E-state index is 11.9. The van der Waals surface area contributed by atoms with Crippen molar-refractivity contribution in [1.29, 1.82) is 0 Å². The molecule has 1 aromatic carbocycles. The van der Waals surface area contributed by atoms with E-state index in [0.29, 0.717) is 18.1 Å². The Labute approximate surface area is 123 Å². The Kier molecular flexibility index (Phi) is 5.07. The molecule has 1 heterocycles. The number of halogens is 1. The molecule has 5 heteroatoms. The van der Waals surface area contributed by atoms with Crippen LogP contribution in [0.3, 0.4) is 0 Å². The average molecular weight is 293 g/mol. The van der Waals surface area contributed by atoms with Gasteiger partial charge in [0.1, 0.15) is 5.76 Å². The van der Waals surface area contributed by atoms with Crippen LogP contribution in [0.5, 0.6) is 0 Å². The van der Waals surface area contributed by atoms with Crippen LogP contribution in [-0.4, -0.2) is 24.5 Å². The molecule has 0 aliphatic rings. The van der Waals surface area contributed by atoms with E-state index >= 15 is 0 Å². The summed E-state index contributed by atoms with van der Waals surface area (Å²) in [5.41, 5.74) is 1.10. The molecule has 0 bridgehead atoms. The van der Waals surface area contributed by atoms with Gasteiger partial charge in [0.15, 0.2) is 0 Å². The molecule has 1 aromatic heterocycles. The number of nitrogens with zero attached hydrogens (tertiary/aromatic N) is 1. The molecule has 0 fully saturated rings. The monoisotopic (exact) mass is 292 g/mol. The standard InChI is InChI=1S/C15H17ClN2O2/c1-18(11-14-6-3-9-20-14)15(19)17-8-7-12-4-2-5-13(16)10-12/h2-6,9-10H,7-8,11H2,1H3,(H,17,19). The maximum atomic E-state index is 11.9. The molecule has 20 heavy (non-hydrogen) atoms. The summed E-state index contributed by atoms with van der Waals surface area (Å²) in [6, 6.07) is 11.2. The predicted octanol–water partition coefficient (Wildman–Crippen LogP) is 3.32. The molecular formula is C15H17ClN2O2. The molecule has 0 spiro atoms. The van der Waals surface area contributed by atoms with Gasteiger partial charge in [0, 0.05) is 18.6 Å². The number of nitrogens with one attached hydrogen (secondary N) is 1. The van der Waals surface area contributed by atoms with Gasteiger partial charge in [0.05, 0.1) is 12.8 Å². The van der Waals surface area contributed by atoms with Crippen molar-refractivity contribution < 1.29 is 9.21 Å². The highest BCUT2D eigenvalue weighted by Gasteiger charge is 2.09. The van der Waals surface area contributed by atoms with Gasteiger partial charge in [0.2, 0.25) is 0 Å². The van der Waals surface area contributed by atoms with Crippen molar-refractivity contribution in [2.24, 2.45) is 0 Å². The van der Waals surface area contributed by atoms with E-state index in [0.717, 1.165) is 17.7 Å². The number of carbonyl (C=O) groups is 1. The fraction of sp³-hybridized carbons (Fsp3) is 0.267. The average Bonchev–Trinajstić information content (AvgIpc) is 2.91. The van der Waals surface area contributed by atoms with Crippen molar-refractivity contribution in [3.63, 3.8) is 0 Å². The lowest BCUT2D eigenvalue weighted by Crippen LogP contribution is -2.37. The van der Waals surface area contributed by atoms with Crippen LogP contribution in [0.25, 0.3) is 0 Å². The van der Waals surface area contributed by atoms with E-state index in [9.17, 15) is 4.79 Å². The smallest absolute Gasteiger partial charge is 0.317 e. The minimum absolute atomic E-state index is 0.122. The Morgan fingerprint density at radius 1 is 1.35 bits per heavy atom. The molecule has 2 amide bonds. The zero-order valence-corrected chi connectivity index (χ0v) is 12.1. The first-order valence-corrected chi connectivity index (χ1v) is 6.79. The second-order valence-corrected chi connectivity index (χ2v) is 4.98. The van der Waals surface area contributed by atoms with Gasteiger partial charge in [-0.1, -0.05) is 23.7 Å². The Morgan fingerprint density at radius 2 is 2.20 bits per heavy atom. The molecule has 0 aliphatic heterocycles. The summed E-state index contributed by atoms with van der Waals surface area (Å²) in [5, 5.41) is 3.58. The van der Waals surface area contributed by atoms with Gasteiger partial charge in [-0.05, 0) is 36.2 Å². The van der Waals surface area contributed by atoms with E-state index in [-0.39, 0.29) is 6.03 Å². The molecule has 1 N–H and O–H groups in total. The summed E-state index contributed by atoms with van der Waals surface area (Å²) in [5.74, 6) is 0.762. The van der Waals surface area contributed by atoms with Crippen molar-refractivity contribution >= 4 is 17.6 Å². The molecule has 0 saturated heterocycles. The van der Waals surface area contributed by atoms with E-state index in [1.165, 1.54) is 0 Å². The molecule has 0 aliphatic carbocycles. The van der Waals surface area contributed by atoms with E-state index < -0.39 is 0 Å². The van der Waals surface area contributed by atoms with Crippen LogP contribution in [-0.2, 0) is 13.0 Å². The lowest BCUT2D eigenvalue weighted by molar-refractivity contribution is 0.203.